The molecule has 1 unspecified atom stereocenters. The highest BCUT2D eigenvalue weighted by atomic mass is 35.5. The Hall–Kier alpha value is -0.280. The van der Waals surface area contributed by atoms with Gasteiger partial charge >= 0.3 is 0 Å². The molecule has 0 saturated heterocycles. The quantitative estimate of drug-likeness (QED) is 0.755. The predicted octanol–water partition coefficient (Wildman–Crippen LogP) is 2.63. The van der Waals surface area contributed by atoms with Gasteiger partial charge in [0, 0.05) is 22.7 Å². The number of halogens is 2. The Balaban J connectivity index is 3.00. The van der Waals surface area contributed by atoms with Crippen LogP contribution in [0.25, 0.3) is 0 Å². The van der Waals surface area contributed by atoms with Gasteiger partial charge in [0.1, 0.15) is 0 Å². The molecule has 0 aromatic heterocycles. The molecule has 0 spiro atoms. The second-order valence-corrected chi connectivity index (χ2v) is 3.16. The van der Waals surface area contributed by atoms with Crippen molar-refractivity contribution in [2.75, 3.05) is 7.11 Å². The van der Waals surface area contributed by atoms with E-state index in [4.69, 9.17) is 23.2 Å². The number of hydrogen-bond acceptors (Lipinski definition) is 2. The van der Waals surface area contributed by atoms with Crippen LogP contribution in [0.5, 0.6) is 0 Å². The number of aliphatic hydroxyl groups is 1. The molecule has 1 atom stereocenters. The van der Waals surface area contributed by atoms with Crippen molar-refractivity contribution in [1.82, 2.24) is 0 Å². The summed E-state index contributed by atoms with van der Waals surface area (Å²) in [5.41, 5.74) is 0.551. The van der Waals surface area contributed by atoms with E-state index >= 15 is 0 Å². The molecule has 0 amide bonds. The van der Waals surface area contributed by atoms with Crippen LogP contribution in [0.4, 0.5) is 0 Å². The topological polar surface area (TPSA) is 29.5 Å². The van der Waals surface area contributed by atoms with Gasteiger partial charge < -0.3 is 9.84 Å². The summed E-state index contributed by atoms with van der Waals surface area (Å²) in [6, 6.07) is 4.79. The van der Waals surface area contributed by atoms with Gasteiger partial charge in [-0.15, -0.1) is 0 Å². The minimum Gasteiger partial charge on any atom is -0.364 e. The fourth-order valence-electron chi connectivity index (χ4n) is 0.854. The number of rotatable bonds is 2. The molecular weight excluding hydrogens is 199 g/mol. The maximum atomic E-state index is 9.24. The van der Waals surface area contributed by atoms with E-state index in [0.717, 1.165) is 0 Å². The average molecular weight is 207 g/mol. The van der Waals surface area contributed by atoms with Crippen molar-refractivity contribution < 1.29 is 9.84 Å². The van der Waals surface area contributed by atoms with Gasteiger partial charge in [-0.2, -0.15) is 0 Å². The van der Waals surface area contributed by atoms with E-state index < -0.39 is 6.29 Å². The van der Waals surface area contributed by atoms with Gasteiger partial charge in [-0.3, -0.25) is 0 Å². The molecule has 1 rings (SSSR count). The summed E-state index contributed by atoms with van der Waals surface area (Å²) in [7, 11) is 1.40. The molecule has 0 bridgehead atoms. The molecule has 1 aromatic carbocycles. The molecule has 0 fully saturated rings. The lowest BCUT2D eigenvalue weighted by atomic mass is 10.2. The minimum absolute atomic E-state index is 0.480. The molecule has 0 radical (unpaired) electrons. The summed E-state index contributed by atoms with van der Waals surface area (Å²) in [5.74, 6) is 0. The van der Waals surface area contributed by atoms with Gasteiger partial charge in [-0.25, -0.2) is 0 Å². The zero-order valence-corrected chi connectivity index (χ0v) is 7.93. The third kappa shape index (κ3) is 2.35. The van der Waals surface area contributed by atoms with Crippen molar-refractivity contribution in [3.63, 3.8) is 0 Å². The molecule has 66 valence electrons. The van der Waals surface area contributed by atoms with Crippen molar-refractivity contribution in [2.45, 2.75) is 6.29 Å². The van der Waals surface area contributed by atoms with Crippen molar-refractivity contribution in [3.8, 4) is 0 Å². The summed E-state index contributed by atoms with van der Waals surface area (Å²) < 4.78 is 4.68. The molecule has 1 aromatic rings. The first kappa shape index (κ1) is 9.81. The Morgan fingerprint density at radius 3 is 2.17 bits per heavy atom. The fraction of sp³-hybridized carbons (Fsp3) is 0.250. The van der Waals surface area contributed by atoms with E-state index in [1.54, 1.807) is 18.2 Å². The molecule has 0 saturated carbocycles. The highest BCUT2D eigenvalue weighted by Gasteiger charge is 2.06. The zero-order valence-electron chi connectivity index (χ0n) is 6.42. The Bertz CT molecular complexity index is 256. The normalized spacial score (nSPS) is 13.0. The lowest BCUT2D eigenvalue weighted by molar-refractivity contribution is -0.0769. The lowest BCUT2D eigenvalue weighted by Crippen LogP contribution is -1.98. The second-order valence-electron chi connectivity index (χ2n) is 2.29. The van der Waals surface area contributed by atoms with Gasteiger partial charge in [-0.1, -0.05) is 23.2 Å². The largest absolute Gasteiger partial charge is 0.364 e. The Morgan fingerprint density at radius 1 is 1.25 bits per heavy atom. The Kier molecular flexibility index (Phi) is 3.35. The molecular formula is C8H8Cl2O2. The first-order valence-corrected chi connectivity index (χ1v) is 4.06. The van der Waals surface area contributed by atoms with Crippen LogP contribution < -0.4 is 0 Å². The standard InChI is InChI=1S/C8H8Cl2O2/c1-12-8(11)5-2-6(9)4-7(10)3-5/h2-4,8,11H,1H3. The van der Waals surface area contributed by atoms with E-state index in [9.17, 15) is 5.11 Å². The second kappa shape index (κ2) is 4.10. The van der Waals surface area contributed by atoms with Crippen LogP contribution in [0.3, 0.4) is 0 Å². The molecule has 1 N–H and O–H groups in total. The lowest BCUT2D eigenvalue weighted by Gasteiger charge is -2.08. The molecule has 0 aliphatic rings. The predicted molar refractivity (Wildman–Crippen MR) is 48.4 cm³/mol. The summed E-state index contributed by atoms with van der Waals surface area (Å²) in [4.78, 5) is 0. The summed E-state index contributed by atoms with van der Waals surface area (Å²) in [6.07, 6.45) is -0.971. The monoisotopic (exact) mass is 206 g/mol. The summed E-state index contributed by atoms with van der Waals surface area (Å²) >= 11 is 11.4. The number of methoxy groups -OCH3 is 1. The van der Waals surface area contributed by atoms with Gasteiger partial charge in [0.2, 0.25) is 0 Å². The molecule has 0 aliphatic carbocycles. The van der Waals surface area contributed by atoms with E-state index in [2.05, 4.69) is 4.74 Å². The number of ether oxygens (including phenoxy) is 1. The van der Waals surface area contributed by atoms with Crippen molar-refractivity contribution in [1.29, 1.82) is 0 Å². The first-order chi connectivity index (χ1) is 5.63. The van der Waals surface area contributed by atoms with Crippen LogP contribution in [0, 0.1) is 0 Å². The molecule has 12 heavy (non-hydrogen) atoms. The summed E-state index contributed by atoms with van der Waals surface area (Å²) in [6.45, 7) is 0. The highest BCUT2D eigenvalue weighted by Crippen LogP contribution is 2.23. The van der Waals surface area contributed by atoms with Crippen molar-refractivity contribution in [3.05, 3.63) is 33.8 Å². The molecule has 0 aliphatic heterocycles. The molecule has 4 heteroatoms. The average Bonchev–Trinajstić information content (AvgIpc) is 2.01. The van der Waals surface area contributed by atoms with Crippen LogP contribution in [0.1, 0.15) is 11.9 Å². The van der Waals surface area contributed by atoms with Gasteiger partial charge in [0.25, 0.3) is 0 Å². The van der Waals surface area contributed by atoms with Crippen molar-refractivity contribution in [2.24, 2.45) is 0 Å². The first-order valence-electron chi connectivity index (χ1n) is 3.30. The Labute approximate surface area is 80.7 Å². The van der Waals surface area contributed by atoms with Gasteiger partial charge in [0.05, 0.1) is 0 Å². The van der Waals surface area contributed by atoms with E-state index in [1.165, 1.54) is 7.11 Å². The SMILES string of the molecule is COC(O)c1cc(Cl)cc(Cl)c1. The number of aliphatic hydroxyl groups excluding tert-OH is 1. The van der Waals surface area contributed by atoms with Gasteiger partial charge in [-0.05, 0) is 18.2 Å². The van der Waals surface area contributed by atoms with Crippen LogP contribution in [-0.4, -0.2) is 12.2 Å². The maximum Gasteiger partial charge on any atom is 0.180 e. The molecule has 0 heterocycles. The number of benzene rings is 1. The van der Waals surface area contributed by atoms with E-state index in [1.807, 2.05) is 0 Å². The third-order valence-corrected chi connectivity index (χ3v) is 1.83. The van der Waals surface area contributed by atoms with E-state index in [-0.39, 0.29) is 0 Å². The third-order valence-electron chi connectivity index (χ3n) is 1.39. The van der Waals surface area contributed by atoms with Crippen LogP contribution in [0.15, 0.2) is 18.2 Å². The fourth-order valence-corrected chi connectivity index (χ4v) is 1.40. The summed E-state index contributed by atoms with van der Waals surface area (Å²) in [5, 5.41) is 10.2. The smallest absolute Gasteiger partial charge is 0.180 e. The minimum atomic E-state index is -0.971. The van der Waals surface area contributed by atoms with Gasteiger partial charge in [0.15, 0.2) is 6.29 Å². The van der Waals surface area contributed by atoms with E-state index in [0.29, 0.717) is 15.6 Å². The zero-order chi connectivity index (χ0) is 9.14. The van der Waals surface area contributed by atoms with Crippen LogP contribution in [-0.2, 0) is 4.74 Å². The maximum absolute atomic E-state index is 9.24. The van der Waals surface area contributed by atoms with Crippen molar-refractivity contribution >= 4 is 23.2 Å². The molecule has 2 nitrogen and oxygen atoms in total. The van der Waals surface area contributed by atoms with Crippen LogP contribution >= 0.6 is 23.2 Å². The number of hydrogen-bond donors (Lipinski definition) is 1. The highest BCUT2D eigenvalue weighted by molar-refractivity contribution is 6.34. The van der Waals surface area contributed by atoms with Crippen LogP contribution in [0.2, 0.25) is 10.0 Å². The Morgan fingerprint density at radius 2 is 1.75 bits per heavy atom.